The Morgan fingerprint density at radius 1 is 1.30 bits per heavy atom. The van der Waals surface area contributed by atoms with E-state index < -0.39 is 5.38 Å². The molecule has 1 aromatic carbocycles. The maximum atomic E-state index is 12.8. The molecule has 0 aliphatic carbocycles. The van der Waals surface area contributed by atoms with Crippen molar-refractivity contribution in [3.05, 3.63) is 46.5 Å². The lowest BCUT2D eigenvalue weighted by atomic mass is 10.1. The number of benzene rings is 1. The van der Waals surface area contributed by atoms with Crippen molar-refractivity contribution in [1.82, 2.24) is 9.88 Å². The fourth-order valence-corrected chi connectivity index (χ4v) is 3.56. The molecule has 0 aliphatic rings. The Labute approximate surface area is 168 Å². The average Bonchev–Trinajstić information content (AvgIpc) is 2.97. The molecule has 8 heteroatoms. The van der Waals surface area contributed by atoms with E-state index in [9.17, 15) is 9.59 Å². The van der Waals surface area contributed by atoms with Crippen LogP contribution in [0.4, 0.5) is 5.13 Å². The third kappa shape index (κ3) is 6.30. The van der Waals surface area contributed by atoms with Crippen molar-refractivity contribution < 1.29 is 14.3 Å². The minimum absolute atomic E-state index is 0.0870. The summed E-state index contributed by atoms with van der Waals surface area (Å²) in [4.78, 5) is 32.1. The summed E-state index contributed by atoms with van der Waals surface area (Å²) in [5, 5.41) is 2.45. The summed E-state index contributed by atoms with van der Waals surface area (Å²) >= 11 is 7.78. The number of aromatic nitrogens is 1. The number of hydrogen-bond acceptors (Lipinski definition) is 5. The molecule has 1 heterocycles. The lowest BCUT2D eigenvalue weighted by Crippen LogP contribution is -2.40. The minimum atomic E-state index is -0.842. The fourth-order valence-electron chi connectivity index (χ4n) is 2.45. The molecule has 1 N–H and O–H groups in total. The first-order chi connectivity index (χ1) is 12.9. The Balaban J connectivity index is 2.05. The summed E-state index contributed by atoms with van der Waals surface area (Å²) in [5.74, 6) is -0.605. The molecule has 146 valence electrons. The predicted octanol–water partition coefficient (Wildman–Crippen LogP) is 3.54. The number of nitrogens with one attached hydrogen (secondary N) is 1. The van der Waals surface area contributed by atoms with Crippen molar-refractivity contribution in [2.75, 3.05) is 32.1 Å². The number of hydrogen-bond donors (Lipinski definition) is 1. The average molecular weight is 410 g/mol. The predicted molar refractivity (Wildman–Crippen MR) is 108 cm³/mol. The van der Waals surface area contributed by atoms with Crippen LogP contribution < -0.4 is 5.32 Å². The molecule has 0 saturated heterocycles. The molecule has 1 atom stereocenters. The second-order valence-corrected chi connectivity index (χ2v) is 7.73. The molecular formula is C19H24ClN3O3S. The van der Waals surface area contributed by atoms with Crippen molar-refractivity contribution in [2.24, 2.45) is 0 Å². The van der Waals surface area contributed by atoms with Crippen LogP contribution in [0, 0.1) is 13.8 Å². The number of aryl methyl sites for hydroxylation is 2. The minimum Gasteiger partial charge on any atom is -0.385 e. The van der Waals surface area contributed by atoms with Gasteiger partial charge in [0.05, 0.1) is 12.2 Å². The van der Waals surface area contributed by atoms with Crippen LogP contribution >= 0.6 is 22.9 Å². The number of methoxy groups -OCH3 is 1. The summed E-state index contributed by atoms with van der Waals surface area (Å²) in [6, 6.07) is 9.10. The van der Waals surface area contributed by atoms with E-state index >= 15 is 0 Å². The zero-order valence-corrected chi connectivity index (χ0v) is 17.3. The van der Waals surface area contributed by atoms with Gasteiger partial charge in [-0.05, 0) is 25.8 Å². The van der Waals surface area contributed by atoms with Crippen molar-refractivity contribution >= 4 is 39.9 Å². The molecule has 2 rings (SSSR count). The van der Waals surface area contributed by atoms with Crippen LogP contribution in [0.3, 0.4) is 0 Å². The number of anilines is 1. The fraction of sp³-hybridized carbons (Fsp3) is 0.421. The lowest BCUT2D eigenvalue weighted by molar-refractivity contribution is -0.134. The maximum absolute atomic E-state index is 12.8. The number of thiazole rings is 1. The molecule has 0 spiro atoms. The standard InChI is InChI=1S/C19H24ClN3O3S/c1-13-14(2)27-19(21-13)22-16(24)12-23(10-7-11-26-3)18(25)17(20)15-8-5-4-6-9-15/h4-6,8-9,17H,7,10-12H2,1-3H3,(H,21,22,24). The van der Waals surface area contributed by atoms with E-state index in [1.54, 1.807) is 19.2 Å². The first-order valence-electron chi connectivity index (χ1n) is 8.63. The van der Waals surface area contributed by atoms with Crippen molar-refractivity contribution in [3.63, 3.8) is 0 Å². The second-order valence-electron chi connectivity index (χ2n) is 6.09. The van der Waals surface area contributed by atoms with Crippen LogP contribution in [-0.4, -0.2) is 48.5 Å². The number of ether oxygens (including phenoxy) is 1. The molecular weight excluding hydrogens is 386 g/mol. The zero-order valence-electron chi connectivity index (χ0n) is 15.7. The SMILES string of the molecule is COCCCN(CC(=O)Nc1nc(C)c(C)s1)C(=O)C(Cl)c1ccccc1. The van der Waals surface area contributed by atoms with Crippen LogP contribution in [0.5, 0.6) is 0 Å². The maximum Gasteiger partial charge on any atom is 0.245 e. The molecule has 0 fully saturated rings. The lowest BCUT2D eigenvalue weighted by Gasteiger charge is -2.24. The normalized spacial score (nSPS) is 11.9. The molecule has 1 unspecified atom stereocenters. The Hall–Kier alpha value is -1.96. The summed E-state index contributed by atoms with van der Waals surface area (Å²) in [5.41, 5.74) is 1.58. The first kappa shape index (κ1) is 21.3. The molecule has 0 radical (unpaired) electrons. The number of alkyl halides is 1. The van der Waals surface area contributed by atoms with E-state index in [4.69, 9.17) is 16.3 Å². The third-order valence-electron chi connectivity index (χ3n) is 4.01. The Bertz CT molecular complexity index is 747. The highest BCUT2D eigenvalue weighted by atomic mass is 35.5. The number of halogens is 1. The number of rotatable bonds is 9. The van der Waals surface area contributed by atoms with Gasteiger partial charge in [-0.2, -0.15) is 0 Å². The van der Waals surface area contributed by atoms with Gasteiger partial charge in [-0.3, -0.25) is 9.59 Å². The molecule has 2 amide bonds. The zero-order chi connectivity index (χ0) is 19.8. The van der Waals surface area contributed by atoms with Crippen LogP contribution in [0.15, 0.2) is 30.3 Å². The van der Waals surface area contributed by atoms with Gasteiger partial charge in [-0.25, -0.2) is 4.98 Å². The van der Waals surface area contributed by atoms with Gasteiger partial charge < -0.3 is 15.0 Å². The van der Waals surface area contributed by atoms with Gasteiger partial charge >= 0.3 is 0 Å². The van der Waals surface area contributed by atoms with Gasteiger partial charge in [0.2, 0.25) is 11.8 Å². The van der Waals surface area contributed by atoms with Crippen LogP contribution in [-0.2, 0) is 14.3 Å². The van der Waals surface area contributed by atoms with Crippen molar-refractivity contribution in [1.29, 1.82) is 0 Å². The Morgan fingerprint density at radius 3 is 2.59 bits per heavy atom. The summed E-state index contributed by atoms with van der Waals surface area (Å²) in [6.07, 6.45) is 0.614. The number of carbonyl (C=O) groups is 2. The van der Waals surface area contributed by atoms with E-state index in [1.807, 2.05) is 32.0 Å². The molecule has 2 aromatic rings. The van der Waals surface area contributed by atoms with Gasteiger partial charge in [0.25, 0.3) is 0 Å². The Kier molecular flexibility index (Phi) is 8.22. The largest absolute Gasteiger partial charge is 0.385 e. The van der Waals surface area contributed by atoms with E-state index in [1.165, 1.54) is 16.2 Å². The topological polar surface area (TPSA) is 71.5 Å². The van der Waals surface area contributed by atoms with Crippen molar-refractivity contribution in [2.45, 2.75) is 25.6 Å². The molecule has 0 bridgehead atoms. The first-order valence-corrected chi connectivity index (χ1v) is 9.88. The quantitative estimate of drug-likeness (QED) is 0.508. The number of amides is 2. The van der Waals surface area contributed by atoms with Gasteiger partial charge in [0.1, 0.15) is 5.38 Å². The molecule has 1 aromatic heterocycles. The highest BCUT2D eigenvalue weighted by molar-refractivity contribution is 7.15. The van der Waals surface area contributed by atoms with Gasteiger partial charge in [0, 0.05) is 25.1 Å². The number of carbonyl (C=O) groups excluding carboxylic acids is 2. The number of nitrogens with zero attached hydrogens (tertiary/aromatic N) is 2. The van der Waals surface area contributed by atoms with E-state index in [0.717, 1.165) is 10.6 Å². The van der Waals surface area contributed by atoms with Gasteiger partial charge in [-0.1, -0.05) is 30.3 Å². The second kappa shape index (κ2) is 10.4. The van der Waals surface area contributed by atoms with Crippen LogP contribution in [0.1, 0.15) is 27.9 Å². The monoisotopic (exact) mass is 409 g/mol. The summed E-state index contributed by atoms with van der Waals surface area (Å²) in [6.45, 7) is 4.62. The third-order valence-corrected chi connectivity index (χ3v) is 5.43. The van der Waals surface area contributed by atoms with Crippen LogP contribution in [0.25, 0.3) is 0 Å². The van der Waals surface area contributed by atoms with Crippen LogP contribution in [0.2, 0.25) is 0 Å². The van der Waals surface area contributed by atoms with E-state index in [2.05, 4.69) is 10.3 Å². The molecule has 27 heavy (non-hydrogen) atoms. The summed E-state index contributed by atoms with van der Waals surface area (Å²) in [7, 11) is 1.60. The highest BCUT2D eigenvalue weighted by Crippen LogP contribution is 2.24. The van der Waals surface area contributed by atoms with E-state index in [0.29, 0.717) is 30.3 Å². The smallest absolute Gasteiger partial charge is 0.245 e. The van der Waals surface area contributed by atoms with E-state index in [-0.39, 0.29) is 18.4 Å². The van der Waals surface area contributed by atoms with Gasteiger partial charge in [-0.15, -0.1) is 22.9 Å². The van der Waals surface area contributed by atoms with Gasteiger partial charge in [0.15, 0.2) is 5.13 Å². The summed E-state index contributed by atoms with van der Waals surface area (Å²) < 4.78 is 5.05. The molecule has 0 aliphatic heterocycles. The molecule has 6 nitrogen and oxygen atoms in total. The van der Waals surface area contributed by atoms with Crippen molar-refractivity contribution in [3.8, 4) is 0 Å². The Morgan fingerprint density at radius 2 is 2.00 bits per heavy atom. The molecule has 0 saturated carbocycles. The highest BCUT2D eigenvalue weighted by Gasteiger charge is 2.25.